The van der Waals surface area contributed by atoms with Gasteiger partial charge in [-0.1, -0.05) is 31.0 Å². The van der Waals surface area contributed by atoms with Gasteiger partial charge in [0.25, 0.3) is 0 Å². The van der Waals surface area contributed by atoms with Gasteiger partial charge in [-0.2, -0.15) is 0 Å². The van der Waals surface area contributed by atoms with Gasteiger partial charge in [0.15, 0.2) is 0 Å². The number of fused-ring (bicyclic) bond motifs is 1. The first-order valence-corrected chi connectivity index (χ1v) is 10.9. The lowest BCUT2D eigenvalue weighted by Gasteiger charge is -2.59. The number of rotatable bonds is 4. The Kier molecular flexibility index (Phi) is 4.59. The summed E-state index contributed by atoms with van der Waals surface area (Å²) in [5.41, 5.74) is 4.62. The van der Waals surface area contributed by atoms with Crippen LogP contribution in [0.2, 0.25) is 0 Å². The van der Waals surface area contributed by atoms with Crippen LogP contribution in [0.25, 0.3) is 0 Å². The molecule has 0 spiro atoms. The first-order chi connectivity index (χ1) is 13.7. The number of phenols is 1. The van der Waals surface area contributed by atoms with E-state index in [9.17, 15) is 5.11 Å². The predicted octanol–water partition coefficient (Wildman–Crippen LogP) is 4.70. The van der Waals surface area contributed by atoms with E-state index in [4.69, 9.17) is 4.74 Å². The molecular formula is C25H31NO2. The van der Waals surface area contributed by atoms with E-state index in [2.05, 4.69) is 35.2 Å². The van der Waals surface area contributed by atoms with Crippen LogP contribution in [-0.4, -0.2) is 36.2 Å². The van der Waals surface area contributed by atoms with Crippen molar-refractivity contribution in [2.24, 2.45) is 5.92 Å². The van der Waals surface area contributed by atoms with Crippen molar-refractivity contribution in [1.82, 2.24) is 4.90 Å². The molecule has 148 valence electrons. The van der Waals surface area contributed by atoms with Crippen molar-refractivity contribution in [3.63, 3.8) is 0 Å². The monoisotopic (exact) mass is 377 g/mol. The summed E-state index contributed by atoms with van der Waals surface area (Å²) in [7, 11) is 1.74. The Hall–Kier alpha value is -2.00. The fourth-order valence-electron chi connectivity index (χ4n) is 6.45. The second kappa shape index (κ2) is 7.11. The average Bonchev–Trinajstić information content (AvgIpc) is 2.74. The lowest BCUT2D eigenvalue weighted by molar-refractivity contribution is -0.0107. The fourth-order valence-corrected chi connectivity index (χ4v) is 6.45. The molecule has 1 aliphatic heterocycles. The minimum atomic E-state index is 0.307. The van der Waals surface area contributed by atoms with Crippen molar-refractivity contribution in [2.45, 2.75) is 56.4 Å². The predicted molar refractivity (Wildman–Crippen MR) is 112 cm³/mol. The first kappa shape index (κ1) is 18.1. The molecule has 5 rings (SSSR count). The second-order valence-electron chi connectivity index (χ2n) is 9.01. The third kappa shape index (κ3) is 2.91. The van der Waals surface area contributed by atoms with Gasteiger partial charge in [0, 0.05) is 18.0 Å². The number of nitrogens with zero attached hydrogens (tertiary/aromatic N) is 1. The van der Waals surface area contributed by atoms with E-state index in [-0.39, 0.29) is 0 Å². The van der Waals surface area contributed by atoms with Crippen molar-refractivity contribution >= 4 is 0 Å². The molecule has 0 unspecified atom stereocenters. The van der Waals surface area contributed by atoms with E-state index >= 15 is 0 Å². The second-order valence-corrected chi connectivity index (χ2v) is 9.01. The molecule has 28 heavy (non-hydrogen) atoms. The van der Waals surface area contributed by atoms with Crippen molar-refractivity contribution < 1.29 is 9.84 Å². The van der Waals surface area contributed by atoms with Crippen molar-refractivity contribution in [3.8, 4) is 11.5 Å². The van der Waals surface area contributed by atoms with Gasteiger partial charge in [-0.15, -0.1) is 0 Å². The Balaban J connectivity index is 1.41. The SMILES string of the molecule is COc1cccc(CCN2CC[C@]34CCCC[C@H]3[C@H]2Cc2ccc(O)cc24)c1. The molecule has 0 radical (unpaired) electrons. The summed E-state index contributed by atoms with van der Waals surface area (Å²) in [5.74, 6) is 2.14. The molecule has 1 saturated carbocycles. The van der Waals surface area contributed by atoms with Crippen LogP contribution < -0.4 is 4.74 Å². The van der Waals surface area contributed by atoms with Crippen LogP contribution in [0.15, 0.2) is 42.5 Å². The molecule has 3 nitrogen and oxygen atoms in total. The van der Waals surface area contributed by atoms with Gasteiger partial charge >= 0.3 is 0 Å². The van der Waals surface area contributed by atoms with E-state index in [0.717, 1.165) is 31.1 Å². The largest absolute Gasteiger partial charge is 0.508 e. The maximum Gasteiger partial charge on any atom is 0.119 e. The number of ether oxygens (including phenoxy) is 1. The summed E-state index contributed by atoms with van der Waals surface area (Å²) in [6.07, 6.45) is 8.80. The molecule has 2 bridgehead atoms. The molecule has 2 aromatic rings. The van der Waals surface area contributed by atoms with Gasteiger partial charge in [0.2, 0.25) is 0 Å². The Morgan fingerprint density at radius 1 is 1.14 bits per heavy atom. The molecule has 2 aliphatic carbocycles. The maximum absolute atomic E-state index is 10.2. The molecular weight excluding hydrogens is 346 g/mol. The highest BCUT2D eigenvalue weighted by Crippen LogP contribution is 2.56. The van der Waals surface area contributed by atoms with Crippen molar-refractivity contribution in [3.05, 3.63) is 59.2 Å². The van der Waals surface area contributed by atoms with Gasteiger partial charge in [0.1, 0.15) is 11.5 Å². The van der Waals surface area contributed by atoms with E-state index in [1.54, 1.807) is 7.11 Å². The number of likely N-dealkylation sites (tertiary alicyclic amines) is 1. The molecule has 2 fully saturated rings. The summed E-state index contributed by atoms with van der Waals surface area (Å²) < 4.78 is 5.40. The van der Waals surface area contributed by atoms with E-state index < -0.39 is 0 Å². The summed E-state index contributed by atoms with van der Waals surface area (Å²) in [6, 6.07) is 15.3. The zero-order valence-corrected chi connectivity index (χ0v) is 16.9. The lowest BCUT2D eigenvalue weighted by Crippen LogP contribution is -2.61. The Morgan fingerprint density at radius 3 is 2.96 bits per heavy atom. The lowest BCUT2D eigenvalue weighted by atomic mass is 9.52. The molecule has 3 atom stereocenters. The van der Waals surface area contributed by atoms with Crippen LogP contribution in [0.1, 0.15) is 48.8 Å². The summed E-state index contributed by atoms with van der Waals surface area (Å²) in [6.45, 7) is 2.30. The molecule has 1 heterocycles. The normalized spacial score (nSPS) is 29.0. The highest BCUT2D eigenvalue weighted by atomic mass is 16.5. The fraction of sp³-hybridized carbons (Fsp3) is 0.520. The highest BCUT2D eigenvalue weighted by Gasteiger charge is 2.53. The molecule has 1 N–H and O–H groups in total. The van der Waals surface area contributed by atoms with Crippen LogP contribution in [0, 0.1) is 5.92 Å². The Morgan fingerprint density at radius 2 is 2.07 bits per heavy atom. The van der Waals surface area contributed by atoms with Crippen molar-refractivity contribution in [1.29, 1.82) is 0 Å². The number of benzene rings is 2. The quantitative estimate of drug-likeness (QED) is 0.838. The summed E-state index contributed by atoms with van der Waals surface area (Å²) >= 11 is 0. The van der Waals surface area contributed by atoms with Crippen molar-refractivity contribution in [2.75, 3.05) is 20.2 Å². The number of piperidine rings is 1. The van der Waals surface area contributed by atoms with Gasteiger partial charge in [-0.05, 0) is 85.5 Å². The zero-order valence-electron chi connectivity index (χ0n) is 16.9. The van der Waals surface area contributed by atoms with Crippen LogP contribution in [-0.2, 0) is 18.3 Å². The van der Waals surface area contributed by atoms with Gasteiger partial charge in [-0.25, -0.2) is 0 Å². The minimum absolute atomic E-state index is 0.307. The number of methoxy groups -OCH3 is 1. The standard InChI is InChI=1S/C25H31NO2/c1-28-21-6-4-5-18(15-21)10-13-26-14-12-25-11-3-2-7-22(25)24(26)16-19-8-9-20(27)17-23(19)25/h4-6,8-9,15,17,22,24,27H,2-3,7,10-14,16H2,1H3/t22-,24+,25+/m0/s1. The summed E-state index contributed by atoms with van der Waals surface area (Å²) in [5, 5.41) is 10.2. The van der Waals surface area contributed by atoms with E-state index in [1.165, 1.54) is 55.3 Å². The van der Waals surface area contributed by atoms with Gasteiger partial charge < -0.3 is 9.84 Å². The average molecular weight is 378 g/mol. The molecule has 3 aliphatic rings. The molecule has 2 aromatic carbocycles. The number of aromatic hydroxyl groups is 1. The van der Waals surface area contributed by atoms with E-state index in [0.29, 0.717) is 17.2 Å². The van der Waals surface area contributed by atoms with Crippen LogP contribution in [0.5, 0.6) is 11.5 Å². The molecule has 0 aromatic heterocycles. The highest BCUT2D eigenvalue weighted by molar-refractivity contribution is 5.45. The number of hydrogen-bond acceptors (Lipinski definition) is 3. The van der Waals surface area contributed by atoms with E-state index in [1.807, 2.05) is 12.1 Å². The Bertz CT molecular complexity index is 863. The van der Waals surface area contributed by atoms with Crippen LogP contribution in [0.3, 0.4) is 0 Å². The van der Waals surface area contributed by atoms with Crippen LogP contribution in [0.4, 0.5) is 0 Å². The third-order valence-corrected chi connectivity index (χ3v) is 7.76. The number of hydrogen-bond donors (Lipinski definition) is 1. The minimum Gasteiger partial charge on any atom is -0.508 e. The molecule has 0 amide bonds. The zero-order chi connectivity index (χ0) is 19.1. The molecule has 3 heteroatoms. The molecule has 1 saturated heterocycles. The smallest absolute Gasteiger partial charge is 0.119 e. The topological polar surface area (TPSA) is 32.7 Å². The number of phenolic OH excluding ortho intramolecular Hbond substituents is 1. The van der Waals surface area contributed by atoms with Gasteiger partial charge in [0.05, 0.1) is 7.11 Å². The first-order valence-electron chi connectivity index (χ1n) is 10.9. The van der Waals surface area contributed by atoms with Gasteiger partial charge in [-0.3, -0.25) is 4.90 Å². The Labute approximate surface area is 168 Å². The maximum atomic E-state index is 10.2. The van der Waals surface area contributed by atoms with Crippen LogP contribution >= 0.6 is 0 Å². The summed E-state index contributed by atoms with van der Waals surface area (Å²) in [4.78, 5) is 2.77. The third-order valence-electron chi connectivity index (χ3n) is 7.76.